The third-order valence-corrected chi connectivity index (χ3v) is 2.88. The predicted octanol–water partition coefficient (Wildman–Crippen LogP) is 4.25. The Morgan fingerprint density at radius 3 is 2.00 bits per heavy atom. The number of hydrogen-bond donors (Lipinski definition) is 0. The van der Waals surface area contributed by atoms with Gasteiger partial charge in [0.2, 0.25) is 0 Å². The van der Waals surface area contributed by atoms with Crippen molar-refractivity contribution in [1.82, 2.24) is 0 Å². The van der Waals surface area contributed by atoms with Crippen molar-refractivity contribution in [3.8, 4) is 0 Å². The van der Waals surface area contributed by atoms with Gasteiger partial charge in [-0.1, -0.05) is 59.8 Å². The van der Waals surface area contributed by atoms with E-state index in [4.69, 9.17) is 0 Å². The van der Waals surface area contributed by atoms with Gasteiger partial charge in [0.25, 0.3) is 0 Å². The summed E-state index contributed by atoms with van der Waals surface area (Å²) in [6.07, 6.45) is 6.98. The van der Waals surface area contributed by atoms with Crippen LogP contribution in [0.15, 0.2) is 0 Å². The molecule has 0 aromatic heterocycles. The minimum atomic E-state index is 0.923. The van der Waals surface area contributed by atoms with Gasteiger partial charge in [-0.15, -0.1) is 0 Å². The van der Waals surface area contributed by atoms with Crippen molar-refractivity contribution in [3.63, 3.8) is 0 Å². The Bertz CT molecular complexity index is 76.1. The first-order chi connectivity index (χ1) is 5.22. The van der Waals surface area contributed by atoms with E-state index in [-0.39, 0.29) is 0 Å². The van der Waals surface area contributed by atoms with Crippen LogP contribution in [0.2, 0.25) is 0 Å². The third-order valence-electron chi connectivity index (χ3n) is 2.88. The summed E-state index contributed by atoms with van der Waals surface area (Å²) < 4.78 is 0. The lowest BCUT2D eigenvalue weighted by Gasteiger charge is -2.17. The van der Waals surface area contributed by atoms with Gasteiger partial charge in [-0.3, -0.25) is 0 Å². The minimum absolute atomic E-state index is 0.923. The second-order valence-electron chi connectivity index (χ2n) is 3.86. The maximum absolute atomic E-state index is 2.39. The van der Waals surface area contributed by atoms with Gasteiger partial charge in [-0.2, -0.15) is 0 Å². The third kappa shape index (κ3) is 5.29. The normalized spacial score (nSPS) is 16.4. The molecule has 68 valence electrons. The molecule has 0 aliphatic carbocycles. The Balaban J connectivity index is 3.28. The highest BCUT2D eigenvalue weighted by Gasteiger charge is 2.08. The summed E-state index contributed by atoms with van der Waals surface area (Å²) in [6, 6.07) is 0. The van der Waals surface area contributed by atoms with Crippen LogP contribution in [-0.2, 0) is 0 Å². The summed E-state index contributed by atoms with van der Waals surface area (Å²) in [4.78, 5) is 0. The van der Waals surface area contributed by atoms with Gasteiger partial charge in [0.1, 0.15) is 0 Å². The van der Waals surface area contributed by atoms with Gasteiger partial charge in [-0.25, -0.2) is 0 Å². The molecule has 0 aromatic carbocycles. The quantitative estimate of drug-likeness (QED) is 0.504. The molecule has 0 rings (SSSR count). The van der Waals surface area contributed by atoms with Crippen LogP contribution in [0.1, 0.15) is 59.8 Å². The van der Waals surface area contributed by atoms with E-state index in [1.807, 2.05) is 0 Å². The summed E-state index contributed by atoms with van der Waals surface area (Å²) in [5.74, 6) is 1.86. The Morgan fingerprint density at radius 2 is 1.55 bits per heavy atom. The highest BCUT2D eigenvalue weighted by molar-refractivity contribution is 4.59. The van der Waals surface area contributed by atoms with Gasteiger partial charge in [0.15, 0.2) is 0 Å². The van der Waals surface area contributed by atoms with E-state index in [0.29, 0.717) is 0 Å². The topological polar surface area (TPSA) is 0 Å². The zero-order valence-electron chi connectivity index (χ0n) is 8.69. The molecule has 0 fully saturated rings. The summed E-state index contributed by atoms with van der Waals surface area (Å²) in [7, 11) is 0. The van der Waals surface area contributed by atoms with Crippen LogP contribution >= 0.6 is 0 Å². The molecule has 0 saturated heterocycles. The molecule has 0 N–H and O–H groups in total. The van der Waals surface area contributed by atoms with Crippen LogP contribution in [0.25, 0.3) is 0 Å². The molecule has 0 aliphatic rings. The Labute approximate surface area is 72.4 Å². The predicted molar refractivity (Wildman–Crippen MR) is 52.8 cm³/mol. The van der Waals surface area contributed by atoms with Crippen LogP contribution in [0.3, 0.4) is 0 Å². The smallest absolute Gasteiger partial charge is 0.0417 e. The number of unbranched alkanes of at least 4 members (excludes halogenated alkanes) is 2. The first kappa shape index (κ1) is 11.0. The van der Waals surface area contributed by atoms with Gasteiger partial charge in [0.05, 0.1) is 0 Å². The van der Waals surface area contributed by atoms with Crippen LogP contribution in [0.5, 0.6) is 0 Å². The van der Waals surface area contributed by atoms with Crippen molar-refractivity contribution < 1.29 is 0 Å². The van der Waals surface area contributed by atoms with Gasteiger partial charge in [0, 0.05) is 0 Å². The molecule has 0 aliphatic heterocycles. The summed E-state index contributed by atoms with van der Waals surface area (Å²) >= 11 is 0. The zero-order chi connectivity index (χ0) is 8.69. The lowest BCUT2D eigenvalue weighted by molar-refractivity contribution is 0.344. The van der Waals surface area contributed by atoms with Crippen molar-refractivity contribution in [3.05, 3.63) is 0 Å². The molecule has 0 spiro atoms. The van der Waals surface area contributed by atoms with E-state index in [2.05, 4.69) is 27.7 Å². The molecule has 0 heteroatoms. The van der Waals surface area contributed by atoms with E-state index in [0.717, 1.165) is 11.8 Å². The van der Waals surface area contributed by atoms with Crippen molar-refractivity contribution in [1.29, 1.82) is 0 Å². The average molecular weight is 156 g/mol. The van der Waals surface area contributed by atoms with E-state index >= 15 is 0 Å². The summed E-state index contributed by atoms with van der Waals surface area (Å²) in [5, 5.41) is 0. The van der Waals surface area contributed by atoms with Crippen LogP contribution in [-0.4, -0.2) is 0 Å². The van der Waals surface area contributed by atoms with Crippen molar-refractivity contribution in [2.75, 3.05) is 0 Å². The number of hydrogen-bond acceptors (Lipinski definition) is 0. The van der Waals surface area contributed by atoms with Gasteiger partial charge >= 0.3 is 0 Å². The minimum Gasteiger partial charge on any atom is -0.0654 e. The Morgan fingerprint density at radius 1 is 0.909 bits per heavy atom. The molecule has 11 heavy (non-hydrogen) atoms. The Hall–Kier alpha value is 0. The highest BCUT2D eigenvalue weighted by atomic mass is 14.1. The number of rotatable bonds is 6. The first-order valence-corrected chi connectivity index (χ1v) is 5.22. The monoisotopic (exact) mass is 156 g/mol. The molecule has 0 unspecified atom stereocenters. The zero-order valence-corrected chi connectivity index (χ0v) is 8.69. The molecule has 0 bridgehead atoms. The molecular weight excluding hydrogens is 132 g/mol. The fraction of sp³-hybridized carbons (Fsp3) is 1.00. The van der Waals surface area contributed by atoms with Gasteiger partial charge in [-0.05, 0) is 11.8 Å². The molecule has 0 heterocycles. The van der Waals surface area contributed by atoms with Crippen LogP contribution in [0.4, 0.5) is 0 Å². The molecule has 2 atom stereocenters. The standard InChI is InChI=1S/C11H24/c1-5-7-8-9-11(4)10(3)6-2/h10-11H,5-9H2,1-4H3/t10-,11-/m1/s1. The lowest BCUT2D eigenvalue weighted by atomic mass is 9.89. The van der Waals surface area contributed by atoms with Crippen molar-refractivity contribution in [2.45, 2.75) is 59.8 Å². The molecule has 0 nitrogen and oxygen atoms in total. The maximum atomic E-state index is 2.39. The Kier molecular flexibility index (Phi) is 6.69. The lowest BCUT2D eigenvalue weighted by Crippen LogP contribution is -2.06. The second-order valence-corrected chi connectivity index (χ2v) is 3.86. The highest BCUT2D eigenvalue weighted by Crippen LogP contribution is 2.20. The first-order valence-electron chi connectivity index (χ1n) is 5.22. The average Bonchev–Trinajstić information content (AvgIpc) is 2.03. The molecule has 0 amide bonds. The fourth-order valence-electron chi connectivity index (χ4n) is 1.40. The second kappa shape index (κ2) is 6.69. The van der Waals surface area contributed by atoms with E-state index in [9.17, 15) is 0 Å². The fourth-order valence-corrected chi connectivity index (χ4v) is 1.40. The van der Waals surface area contributed by atoms with Crippen molar-refractivity contribution in [2.24, 2.45) is 11.8 Å². The molecule has 0 aromatic rings. The molecule has 0 radical (unpaired) electrons. The SMILES string of the molecule is CCCCC[C@@H](C)[C@H](C)CC. The largest absolute Gasteiger partial charge is 0.0654 e. The summed E-state index contributed by atoms with van der Waals surface area (Å²) in [5.41, 5.74) is 0. The summed E-state index contributed by atoms with van der Waals surface area (Å²) in [6.45, 7) is 9.33. The van der Waals surface area contributed by atoms with Crippen LogP contribution in [0, 0.1) is 11.8 Å². The van der Waals surface area contributed by atoms with Crippen LogP contribution < -0.4 is 0 Å². The van der Waals surface area contributed by atoms with E-state index < -0.39 is 0 Å². The van der Waals surface area contributed by atoms with E-state index in [1.54, 1.807) is 0 Å². The van der Waals surface area contributed by atoms with Gasteiger partial charge < -0.3 is 0 Å². The van der Waals surface area contributed by atoms with E-state index in [1.165, 1.54) is 32.1 Å². The molecule has 0 saturated carbocycles. The maximum Gasteiger partial charge on any atom is -0.0417 e. The van der Waals surface area contributed by atoms with Crippen molar-refractivity contribution >= 4 is 0 Å². The molecular formula is C11H24.